The van der Waals surface area contributed by atoms with Crippen LogP contribution in [0.25, 0.3) is 20.8 Å². The van der Waals surface area contributed by atoms with E-state index in [4.69, 9.17) is 4.74 Å². The first-order valence-electron chi connectivity index (χ1n) is 9.39. The van der Waals surface area contributed by atoms with Gasteiger partial charge in [0.1, 0.15) is 23.1 Å². The minimum atomic E-state index is -0.805. The lowest BCUT2D eigenvalue weighted by Crippen LogP contribution is -2.38. The number of carbonyl (C=O) groups is 2. The highest BCUT2D eigenvalue weighted by Gasteiger charge is 2.37. The zero-order chi connectivity index (χ0) is 21.4. The largest absolute Gasteiger partial charge is 0.508 e. The number of rotatable bonds is 5. The molecule has 0 amide bonds. The van der Waals surface area contributed by atoms with Crippen molar-refractivity contribution in [1.29, 1.82) is 0 Å². The summed E-state index contributed by atoms with van der Waals surface area (Å²) < 4.78 is 6.45. The van der Waals surface area contributed by atoms with Crippen molar-refractivity contribution in [3.05, 3.63) is 48.0 Å². The second kappa shape index (κ2) is 7.59. The van der Waals surface area contributed by atoms with E-state index in [9.17, 15) is 14.7 Å². The van der Waals surface area contributed by atoms with E-state index >= 15 is 0 Å². The minimum Gasteiger partial charge on any atom is -0.508 e. The molecule has 0 saturated heterocycles. The van der Waals surface area contributed by atoms with Crippen LogP contribution in [-0.2, 0) is 9.53 Å². The van der Waals surface area contributed by atoms with Gasteiger partial charge in [0.05, 0.1) is 21.2 Å². The molecule has 3 rings (SSSR count). The third-order valence-electron chi connectivity index (χ3n) is 4.55. The number of hydrogen-bond acceptors (Lipinski definition) is 6. The van der Waals surface area contributed by atoms with E-state index in [1.165, 1.54) is 17.4 Å². The highest BCUT2D eigenvalue weighted by molar-refractivity contribution is 7.21. The number of benzene rings is 2. The van der Waals surface area contributed by atoms with Crippen LogP contribution in [0.5, 0.6) is 5.75 Å². The van der Waals surface area contributed by atoms with Crippen LogP contribution in [0.3, 0.4) is 0 Å². The number of phenols is 1. The van der Waals surface area contributed by atoms with Gasteiger partial charge in [0.2, 0.25) is 0 Å². The molecule has 0 aliphatic rings. The van der Waals surface area contributed by atoms with Crippen molar-refractivity contribution in [1.82, 2.24) is 4.98 Å². The van der Waals surface area contributed by atoms with Crippen LogP contribution >= 0.6 is 11.3 Å². The summed E-state index contributed by atoms with van der Waals surface area (Å²) in [5, 5.41) is 10.8. The van der Waals surface area contributed by atoms with Crippen molar-refractivity contribution >= 4 is 33.3 Å². The minimum absolute atomic E-state index is 0.0175. The Morgan fingerprint density at radius 2 is 1.76 bits per heavy atom. The average Bonchev–Trinajstić information content (AvgIpc) is 3.08. The molecule has 5 nitrogen and oxygen atoms in total. The fraction of sp³-hybridized carbons (Fsp3) is 0.348. The zero-order valence-corrected chi connectivity index (χ0v) is 18.1. The summed E-state index contributed by atoms with van der Waals surface area (Å²) in [5.74, 6) is -0.611. The molecule has 0 bridgehead atoms. The van der Waals surface area contributed by atoms with Gasteiger partial charge in [0.25, 0.3) is 0 Å². The second-order valence-corrected chi connectivity index (χ2v) is 9.83. The molecule has 0 aliphatic carbocycles. The Bertz CT molecular complexity index is 1040. The number of para-hydroxylation sites is 1. The molecule has 0 aliphatic heterocycles. The molecule has 0 saturated carbocycles. The fourth-order valence-electron chi connectivity index (χ4n) is 3.26. The number of aromatic nitrogens is 1. The van der Waals surface area contributed by atoms with Crippen LogP contribution in [-0.4, -0.2) is 28.4 Å². The highest BCUT2D eigenvalue weighted by atomic mass is 32.1. The number of Topliss-reactive ketones (excluding diaryl/α,β-unsaturated/α-hetero) is 1. The van der Waals surface area contributed by atoms with Crippen molar-refractivity contribution in [3.63, 3.8) is 0 Å². The summed E-state index contributed by atoms with van der Waals surface area (Å²) in [6.07, 6.45) is 0. The lowest BCUT2D eigenvalue weighted by molar-refractivity contribution is -0.137. The smallest absolute Gasteiger partial charge is 0.338 e. The maximum Gasteiger partial charge on any atom is 0.338 e. The van der Waals surface area contributed by atoms with Crippen LogP contribution in [0.1, 0.15) is 45.0 Å². The molecule has 1 heterocycles. The van der Waals surface area contributed by atoms with Gasteiger partial charge in [-0.05, 0) is 44.2 Å². The molecular weight excluding hydrogens is 386 g/mol. The first kappa shape index (κ1) is 21.0. The van der Waals surface area contributed by atoms with Gasteiger partial charge in [0.15, 0.2) is 0 Å². The molecular formula is C23H25NO4S. The normalized spacial score (nSPS) is 12.2. The van der Waals surface area contributed by atoms with Gasteiger partial charge in [-0.15, -0.1) is 11.3 Å². The standard InChI is InChI=1S/C23H25NO4S/c1-22(2,3)21(27)23(4,5)13-28-20(26)15-10-14(11-16(25)12-15)19-24-17-8-6-7-9-18(17)29-19/h6-12,25H,13H2,1-5H3. The first-order valence-corrected chi connectivity index (χ1v) is 10.2. The SMILES string of the molecule is CC(C)(C)C(=O)C(C)(C)COC(=O)c1cc(O)cc(-c2nc3ccccc3s2)c1. The predicted octanol–water partition coefficient (Wildman–Crippen LogP) is 5.47. The van der Waals surface area contributed by atoms with Gasteiger partial charge in [0, 0.05) is 11.0 Å². The Morgan fingerprint density at radius 3 is 2.41 bits per heavy atom. The number of thiazole rings is 1. The number of esters is 1. The fourth-order valence-corrected chi connectivity index (χ4v) is 4.21. The molecule has 0 unspecified atom stereocenters. The van der Waals surface area contributed by atoms with Gasteiger partial charge in [-0.3, -0.25) is 4.79 Å². The van der Waals surface area contributed by atoms with Crippen molar-refractivity contribution in [2.24, 2.45) is 10.8 Å². The summed E-state index contributed by atoms with van der Waals surface area (Å²) in [6, 6.07) is 12.3. The Balaban J connectivity index is 1.82. The highest BCUT2D eigenvalue weighted by Crippen LogP contribution is 2.33. The van der Waals surface area contributed by atoms with Gasteiger partial charge >= 0.3 is 5.97 Å². The number of hydrogen-bond donors (Lipinski definition) is 1. The number of nitrogens with zero attached hydrogens (tertiary/aromatic N) is 1. The molecule has 0 radical (unpaired) electrons. The zero-order valence-electron chi connectivity index (χ0n) is 17.3. The van der Waals surface area contributed by atoms with Crippen molar-refractivity contribution in [3.8, 4) is 16.3 Å². The second-order valence-electron chi connectivity index (χ2n) is 8.79. The van der Waals surface area contributed by atoms with Crippen LogP contribution in [0.4, 0.5) is 0 Å². The number of ether oxygens (including phenoxy) is 1. The molecule has 1 N–H and O–H groups in total. The van der Waals surface area contributed by atoms with E-state index in [1.807, 2.05) is 45.0 Å². The lowest BCUT2D eigenvalue weighted by atomic mass is 9.75. The predicted molar refractivity (Wildman–Crippen MR) is 115 cm³/mol. The molecule has 152 valence electrons. The number of carbonyl (C=O) groups excluding carboxylic acids is 2. The molecule has 3 aromatic rings. The Labute approximate surface area is 174 Å². The van der Waals surface area contributed by atoms with E-state index in [0.29, 0.717) is 10.6 Å². The van der Waals surface area contributed by atoms with Crippen molar-refractivity contribution in [2.75, 3.05) is 6.61 Å². The number of phenolic OH excluding ortho intramolecular Hbond substituents is 1. The van der Waals surface area contributed by atoms with Gasteiger partial charge in [-0.1, -0.05) is 32.9 Å². The summed E-state index contributed by atoms with van der Waals surface area (Å²) >= 11 is 1.48. The van der Waals surface area contributed by atoms with Crippen LogP contribution in [0, 0.1) is 10.8 Å². The average molecular weight is 412 g/mol. The van der Waals surface area contributed by atoms with E-state index in [1.54, 1.807) is 26.0 Å². The summed E-state index contributed by atoms with van der Waals surface area (Å²) in [7, 11) is 0. The summed E-state index contributed by atoms with van der Waals surface area (Å²) in [4.78, 5) is 29.8. The third kappa shape index (κ3) is 4.65. The Morgan fingerprint density at radius 1 is 1.07 bits per heavy atom. The molecule has 29 heavy (non-hydrogen) atoms. The molecule has 2 aromatic carbocycles. The van der Waals surface area contributed by atoms with Gasteiger partial charge in [-0.2, -0.15) is 0 Å². The topological polar surface area (TPSA) is 76.5 Å². The number of ketones is 1. The van der Waals surface area contributed by atoms with E-state index in [-0.39, 0.29) is 23.7 Å². The first-order chi connectivity index (χ1) is 13.5. The molecule has 6 heteroatoms. The Hall–Kier alpha value is -2.73. The lowest BCUT2D eigenvalue weighted by Gasteiger charge is -2.30. The third-order valence-corrected chi connectivity index (χ3v) is 5.64. The van der Waals surface area contributed by atoms with Crippen molar-refractivity contribution in [2.45, 2.75) is 34.6 Å². The molecule has 0 fully saturated rings. The summed E-state index contributed by atoms with van der Waals surface area (Å²) in [5.41, 5.74) is 0.394. The maximum absolute atomic E-state index is 12.6. The van der Waals surface area contributed by atoms with Crippen LogP contribution < -0.4 is 0 Å². The monoisotopic (exact) mass is 411 g/mol. The van der Waals surface area contributed by atoms with Crippen LogP contribution in [0.15, 0.2) is 42.5 Å². The molecule has 0 atom stereocenters. The number of fused-ring (bicyclic) bond motifs is 1. The van der Waals surface area contributed by atoms with Gasteiger partial charge < -0.3 is 9.84 Å². The summed E-state index contributed by atoms with van der Waals surface area (Å²) in [6.45, 7) is 9.04. The quantitative estimate of drug-likeness (QED) is 0.564. The Kier molecular flexibility index (Phi) is 5.50. The molecule has 0 spiro atoms. The number of aromatic hydroxyl groups is 1. The van der Waals surface area contributed by atoms with Gasteiger partial charge in [-0.25, -0.2) is 9.78 Å². The van der Waals surface area contributed by atoms with E-state index in [0.717, 1.165) is 10.2 Å². The van der Waals surface area contributed by atoms with Crippen molar-refractivity contribution < 1.29 is 19.4 Å². The van der Waals surface area contributed by atoms with E-state index in [2.05, 4.69) is 4.98 Å². The maximum atomic E-state index is 12.6. The van der Waals surface area contributed by atoms with E-state index < -0.39 is 16.8 Å². The molecule has 1 aromatic heterocycles. The van der Waals surface area contributed by atoms with Crippen LogP contribution in [0.2, 0.25) is 0 Å².